The third-order valence-electron chi connectivity index (χ3n) is 3.52. The number of hydrogen-bond donors (Lipinski definition) is 1. The van der Waals surface area contributed by atoms with Crippen LogP contribution in [-0.4, -0.2) is 45.2 Å². The number of benzene rings is 1. The first kappa shape index (κ1) is 15.1. The third-order valence-corrected chi connectivity index (χ3v) is 4.36. The van der Waals surface area contributed by atoms with E-state index in [0.29, 0.717) is 12.3 Å². The lowest BCUT2D eigenvalue weighted by molar-refractivity contribution is -0.121. The van der Waals surface area contributed by atoms with Crippen molar-refractivity contribution in [3.8, 4) is 11.5 Å². The summed E-state index contributed by atoms with van der Waals surface area (Å²) in [7, 11) is 4.92. The molecule has 0 aromatic heterocycles. The molecule has 0 saturated heterocycles. The van der Waals surface area contributed by atoms with Crippen molar-refractivity contribution < 1.29 is 14.3 Å². The summed E-state index contributed by atoms with van der Waals surface area (Å²) >= 11 is 3.60. The van der Waals surface area contributed by atoms with E-state index in [2.05, 4.69) is 26.1 Å². The van der Waals surface area contributed by atoms with Crippen LogP contribution in [0.1, 0.15) is 11.1 Å². The summed E-state index contributed by atoms with van der Waals surface area (Å²) in [6.07, 6.45) is 0.882. The first-order valence-corrected chi connectivity index (χ1v) is 7.25. The number of halogens is 1. The topological polar surface area (TPSA) is 50.8 Å². The minimum atomic E-state index is 0.0352. The summed E-state index contributed by atoms with van der Waals surface area (Å²) in [4.78, 5) is 13.6. The molecule has 1 aliphatic rings. The predicted octanol–water partition coefficient (Wildman–Crippen LogP) is 1.57. The highest BCUT2D eigenvalue weighted by atomic mass is 79.9. The number of likely N-dealkylation sites (N-methyl/N-ethyl adjacent to an activating group) is 1. The molecule has 1 amide bonds. The Bertz CT molecular complexity index is 520. The van der Waals surface area contributed by atoms with Crippen molar-refractivity contribution >= 4 is 21.8 Å². The molecule has 1 N–H and O–H groups in total. The zero-order valence-electron chi connectivity index (χ0n) is 12.0. The van der Waals surface area contributed by atoms with E-state index in [4.69, 9.17) is 9.47 Å². The summed E-state index contributed by atoms with van der Waals surface area (Å²) in [5.41, 5.74) is 2.40. The van der Waals surface area contributed by atoms with E-state index in [1.54, 1.807) is 21.3 Å². The lowest BCUT2D eigenvalue weighted by Gasteiger charge is -2.29. The van der Waals surface area contributed by atoms with Gasteiger partial charge in [-0.15, -0.1) is 0 Å². The molecule has 2 rings (SSSR count). The van der Waals surface area contributed by atoms with E-state index in [1.807, 2.05) is 6.07 Å². The zero-order valence-corrected chi connectivity index (χ0v) is 13.5. The Morgan fingerprint density at radius 1 is 1.45 bits per heavy atom. The normalized spacial score (nSPS) is 14.6. The first-order valence-electron chi connectivity index (χ1n) is 6.45. The fourth-order valence-corrected chi connectivity index (χ4v) is 3.27. The van der Waals surface area contributed by atoms with Gasteiger partial charge >= 0.3 is 0 Å². The summed E-state index contributed by atoms with van der Waals surface area (Å²) in [5, 5.41) is 2.65. The fourth-order valence-electron chi connectivity index (χ4n) is 2.46. The number of nitrogens with one attached hydrogen (secondary N) is 1. The Labute approximate surface area is 127 Å². The first-order chi connectivity index (χ1) is 9.60. The van der Waals surface area contributed by atoms with Gasteiger partial charge in [-0.25, -0.2) is 0 Å². The minimum absolute atomic E-state index is 0.0352. The Balaban J connectivity index is 2.28. The number of carbonyl (C=O) groups excluding carboxylic acids is 1. The molecule has 1 aliphatic heterocycles. The standard InChI is InChI=1S/C14H19BrN2O3/c1-16-12(18)8-17-5-4-10-9(7-17)6-11(19-2)14(20-3)13(10)15/h6H,4-5,7-8H2,1-3H3,(H,16,18). The Kier molecular flexibility index (Phi) is 4.88. The predicted molar refractivity (Wildman–Crippen MR) is 80.3 cm³/mol. The van der Waals surface area contributed by atoms with Gasteiger partial charge in [-0.3, -0.25) is 9.69 Å². The number of methoxy groups -OCH3 is 2. The van der Waals surface area contributed by atoms with Gasteiger partial charge in [0.1, 0.15) is 0 Å². The van der Waals surface area contributed by atoms with Crippen molar-refractivity contribution in [1.29, 1.82) is 0 Å². The number of rotatable bonds is 4. The Morgan fingerprint density at radius 3 is 2.80 bits per heavy atom. The lowest BCUT2D eigenvalue weighted by atomic mass is 9.98. The monoisotopic (exact) mass is 342 g/mol. The van der Waals surface area contributed by atoms with E-state index in [9.17, 15) is 4.79 Å². The summed E-state index contributed by atoms with van der Waals surface area (Å²) in [6.45, 7) is 2.01. The Morgan fingerprint density at radius 2 is 2.20 bits per heavy atom. The average Bonchev–Trinajstić information content (AvgIpc) is 2.46. The molecular weight excluding hydrogens is 324 g/mol. The van der Waals surface area contributed by atoms with Gasteiger partial charge in [0.25, 0.3) is 0 Å². The molecule has 6 heteroatoms. The fraction of sp³-hybridized carbons (Fsp3) is 0.500. The van der Waals surface area contributed by atoms with Gasteiger partial charge in [0.05, 0.1) is 25.2 Å². The molecule has 0 atom stereocenters. The van der Waals surface area contributed by atoms with Crippen molar-refractivity contribution in [3.63, 3.8) is 0 Å². The van der Waals surface area contributed by atoms with Crippen LogP contribution >= 0.6 is 15.9 Å². The maximum absolute atomic E-state index is 11.5. The SMILES string of the molecule is CNC(=O)CN1CCc2c(cc(OC)c(OC)c2Br)C1. The van der Waals surface area contributed by atoms with Gasteiger partial charge in [0.2, 0.25) is 5.91 Å². The maximum Gasteiger partial charge on any atom is 0.233 e. The summed E-state index contributed by atoms with van der Waals surface area (Å²) < 4.78 is 11.7. The summed E-state index contributed by atoms with van der Waals surface area (Å²) in [6, 6.07) is 1.99. The molecule has 0 bridgehead atoms. The average molecular weight is 343 g/mol. The second-order valence-electron chi connectivity index (χ2n) is 4.70. The van der Waals surface area contributed by atoms with Crippen molar-refractivity contribution in [2.75, 3.05) is 34.4 Å². The van der Waals surface area contributed by atoms with E-state index in [-0.39, 0.29) is 5.91 Å². The van der Waals surface area contributed by atoms with Crippen molar-refractivity contribution in [3.05, 3.63) is 21.7 Å². The molecule has 5 nitrogen and oxygen atoms in total. The highest BCUT2D eigenvalue weighted by molar-refractivity contribution is 9.10. The highest BCUT2D eigenvalue weighted by Crippen LogP contribution is 2.41. The van der Waals surface area contributed by atoms with Crippen LogP contribution in [0, 0.1) is 0 Å². The highest BCUT2D eigenvalue weighted by Gasteiger charge is 2.24. The smallest absolute Gasteiger partial charge is 0.233 e. The van der Waals surface area contributed by atoms with Gasteiger partial charge in [-0.05, 0) is 39.5 Å². The van der Waals surface area contributed by atoms with Crippen LogP contribution in [0.25, 0.3) is 0 Å². The van der Waals surface area contributed by atoms with Crippen LogP contribution in [0.15, 0.2) is 10.5 Å². The molecule has 110 valence electrons. The van der Waals surface area contributed by atoms with Gasteiger partial charge in [0, 0.05) is 20.1 Å². The molecule has 1 heterocycles. The number of nitrogens with zero attached hydrogens (tertiary/aromatic N) is 1. The number of ether oxygens (including phenoxy) is 2. The molecule has 0 fully saturated rings. The third kappa shape index (κ3) is 2.91. The van der Waals surface area contributed by atoms with Crippen LogP contribution < -0.4 is 14.8 Å². The van der Waals surface area contributed by atoms with Crippen LogP contribution in [0.2, 0.25) is 0 Å². The van der Waals surface area contributed by atoms with Crippen LogP contribution in [0.4, 0.5) is 0 Å². The van der Waals surface area contributed by atoms with Crippen LogP contribution in [0.3, 0.4) is 0 Å². The van der Waals surface area contributed by atoms with Crippen LogP contribution in [0.5, 0.6) is 11.5 Å². The van der Waals surface area contributed by atoms with Crippen LogP contribution in [-0.2, 0) is 17.8 Å². The molecule has 0 unspecified atom stereocenters. The number of hydrogen-bond acceptors (Lipinski definition) is 4. The molecular formula is C14H19BrN2O3. The molecule has 1 aromatic carbocycles. The van der Waals surface area contributed by atoms with E-state index in [0.717, 1.165) is 29.7 Å². The minimum Gasteiger partial charge on any atom is -0.493 e. The molecule has 0 aliphatic carbocycles. The largest absolute Gasteiger partial charge is 0.493 e. The Hall–Kier alpha value is -1.27. The van der Waals surface area contributed by atoms with Gasteiger partial charge in [0.15, 0.2) is 11.5 Å². The molecule has 0 spiro atoms. The van der Waals surface area contributed by atoms with Gasteiger partial charge in [-0.2, -0.15) is 0 Å². The second-order valence-corrected chi connectivity index (χ2v) is 5.49. The van der Waals surface area contributed by atoms with Gasteiger partial charge < -0.3 is 14.8 Å². The van der Waals surface area contributed by atoms with Crippen molar-refractivity contribution in [2.45, 2.75) is 13.0 Å². The summed E-state index contributed by atoms with van der Waals surface area (Å²) in [5.74, 6) is 1.47. The van der Waals surface area contributed by atoms with E-state index in [1.165, 1.54) is 11.1 Å². The molecule has 0 radical (unpaired) electrons. The van der Waals surface area contributed by atoms with Gasteiger partial charge in [-0.1, -0.05) is 0 Å². The zero-order chi connectivity index (χ0) is 14.7. The van der Waals surface area contributed by atoms with E-state index >= 15 is 0 Å². The number of carbonyl (C=O) groups is 1. The molecule has 0 saturated carbocycles. The second kappa shape index (κ2) is 6.45. The maximum atomic E-state index is 11.5. The molecule has 1 aromatic rings. The van der Waals surface area contributed by atoms with E-state index < -0.39 is 0 Å². The lowest BCUT2D eigenvalue weighted by Crippen LogP contribution is -2.38. The quantitative estimate of drug-likeness (QED) is 0.902. The number of amides is 1. The van der Waals surface area contributed by atoms with Crippen molar-refractivity contribution in [2.24, 2.45) is 0 Å². The number of fused-ring (bicyclic) bond motifs is 1. The van der Waals surface area contributed by atoms with Crippen molar-refractivity contribution in [1.82, 2.24) is 10.2 Å². The molecule has 20 heavy (non-hydrogen) atoms.